The van der Waals surface area contributed by atoms with E-state index in [1.54, 1.807) is 16.8 Å². The molecule has 1 N–H and O–H groups in total. The van der Waals surface area contributed by atoms with Crippen LogP contribution < -0.4 is 4.74 Å². The Balaban J connectivity index is 1.70. The second kappa shape index (κ2) is 6.59. The van der Waals surface area contributed by atoms with Gasteiger partial charge in [0.25, 0.3) is 5.91 Å². The van der Waals surface area contributed by atoms with Crippen molar-refractivity contribution < 1.29 is 23.8 Å². The first-order valence-electron chi connectivity index (χ1n) is 8.29. The third-order valence-electron chi connectivity index (χ3n) is 5.17. The van der Waals surface area contributed by atoms with Gasteiger partial charge in [-0.05, 0) is 25.3 Å². The molecule has 0 radical (unpaired) electrons. The Kier molecular flexibility index (Phi) is 4.64. The summed E-state index contributed by atoms with van der Waals surface area (Å²) >= 11 is 0. The van der Waals surface area contributed by atoms with Crippen LogP contribution >= 0.6 is 0 Å². The molecule has 8 heteroatoms. The van der Waals surface area contributed by atoms with Crippen LogP contribution in [0.15, 0.2) is 12.3 Å². The van der Waals surface area contributed by atoms with Crippen LogP contribution in [0.2, 0.25) is 0 Å². The van der Waals surface area contributed by atoms with Crippen LogP contribution in [0.3, 0.4) is 0 Å². The molecule has 2 aliphatic heterocycles. The zero-order valence-corrected chi connectivity index (χ0v) is 14.4. The predicted molar refractivity (Wildman–Crippen MR) is 86.6 cm³/mol. The molecule has 2 saturated heterocycles. The van der Waals surface area contributed by atoms with Crippen LogP contribution in [-0.2, 0) is 4.79 Å². The summed E-state index contributed by atoms with van der Waals surface area (Å²) in [4.78, 5) is 32.1. The highest BCUT2D eigenvalue weighted by Gasteiger charge is 2.48. The number of rotatable bonds is 2. The van der Waals surface area contributed by atoms with E-state index in [0.717, 1.165) is 6.07 Å². The van der Waals surface area contributed by atoms with Gasteiger partial charge in [-0.1, -0.05) is 0 Å². The third-order valence-corrected chi connectivity index (χ3v) is 5.17. The molecule has 1 aromatic heterocycles. The second-order valence-corrected chi connectivity index (χ2v) is 6.83. The van der Waals surface area contributed by atoms with Crippen molar-refractivity contribution in [2.24, 2.45) is 5.41 Å². The molecule has 1 spiro atoms. The molecule has 3 heterocycles. The number of halogens is 1. The average Bonchev–Trinajstić information content (AvgIpc) is 2.59. The van der Waals surface area contributed by atoms with Crippen LogP contribution in [-0.4, -0.2) is 71.6 Å². The van der Waals surface area contributed by atoms with Crippen molar-refractivity contribution in [2.75, 3.05) is 33.8 Å². The Bertz CT molecular complexity index is 688. The van der Waals surface area contributed by atoms with E-state index >= 15 is 0 Å². The molecule has 2 fully saturated rings. The molecule has 136 valence electrons. The van der Waals surface area contributed by atoms with Crippen molar-refractivity contribution in [2.45, 2.75) is 25.4 Å². The highest BCUT2D eigenvalue weighted by molar-refractivity contribution is 5.94. The van der Waals surface area contributed by atoms with Gasteiger partial charge in [0, 0.05) is 32.9 Å². The van der Waals surface area contributed by atoms with Crippen molar-refractivity contribution in [1.29, 1.82) is 0 Å². The fourth-order valence-corrected chi connectivity index (χ4v) is 3.84. The smallest absolute Gasteiger partial charge is 0.255 e. The molecular weight excluding hydrogens is 329 g/mol. The third kappa shape index (κ3) is 3.18. The quantitative estimate of drug-likeness (QED) is 0.847. The first-order valence-corrected chi connectivity index (χ1v) is 8.29. The summed E-state index contributed by atoms with van der Waals surface area (Å²) < 4.78 is 18.5. The number of aromatic nitrogens is 1. The van der Waals surface area contributed by atoms with E-state index < -0.39 is 17.3 Å². The minimum atomic E-state index is -0.686. The molecular formula is C17H22FN3O4. The standard InChI is InChI=1S/C17H22FN3O4/c1-20-10-12(22)8-17(16(20)24)3-5-21(6-4-17)15(23)11-7-13(18)14(25-2)19-9-11/h7,9,12,22H,3-6,8,10H2,1-2H3. The summed E-state index contributed by atoms with van der Waals surface area (Å²) in [5.74, 6) is -1.13. The Labute approximate surface area is 145 Å². The summed E-state index contributed by atoms with van der Waals surface area (Å²) in [5, 5.41) is 10.0. The van der Waals surface area contributed by atoms with Crippen molar-refractivity contribution in [3.63, 3.8) is 0 Å². The molecule has 2 amide bonds. The average molecular weight is 351 g/mol. The topological polar surface area (TPSA) is 83.0 Å². The van der Waals surface area contributed by atoms with E-state index in [1.165, 1.54) is 13.3 Å². The maximum atomic E-state index is 13.8. The molecule has 2 aliphatic rings. The van der Waals surface area contributed by atoms with Gasteiger partial charge in [-0.3, -0.25) is 9.59 Å². The van der Waals surface area contributed by atoms with Crippen LogP contribution in [0.1, 0.15) is 29.6 Å². The minimum absolute atomic E-state index is 0.0297. The van der Waals surface area contributed by atoms with Gasteiger partial charge in [-0.15, -0.1) is 0 Å². The molecule has 0 aliphatic carbocycles. The summed E-state index contributed by atoms with van der Waals surface area (Å²) in [6.45, 7) is 1.12. The van der Waals surface area contributed by atoms with Crippen molar-refractivity contribution in [3.8, 4) is 5.88 Å². The Morgan fingerprint density at radius 2 is 2.12 bits per heavy atom. The fourth-order valence-electron chi connectivity index (χ4n) is 3.84. The van der Waals surface area contributed by atoms with Gasteiger partial charge < -0.3 is 19.6 Å². The van der Waals surface area contributed by atoms with E-state index in [4.69, 9.17) is 4.74 Å². The fraction of sp³-hybridized carbons (Fsp3) is 0.588. The number of hydrogen-bond donors (Lipinski definition) is 1. The zero-order chi connectivity index (χ0) is 18.2. The van der Waals surface area contributed by atoms with Crippen molar-refractivity contribution in [1.82, 2.24) is 14.8 Å². The number of nitrogens with zero attached hydrogens (tertiary/aromatic N) is 3. The Morgan fingerprint density at radius 3 is 2.72 bits per heavy atom. The number of amides is 2. The van der Waals surface area contributed by atoms with Crippen LogP contribution in [0.25, 0.3) is 0 Å². The number of ether oxygens (including phenoxy) is 1. The molecule has 3 rings (SSSR count). The van der Waals surface area contributed by atoms with Crippen molar-refractivity contribution >= 4 is 11.8 Å². The first kappa shape index (κ1) is 17.6. The lowest BCUT2D eigenvalue weighted by Gasteiger charge is -2.46. The SMILES string of the molecule is COc1ncc(C(=O)N2CCC3(CC2)CC(O)CN(C)C3=O)cc1F. The Hall–Kier alpha value is -2.22. The van der Waals surface area contributed by atoms with E-state index in [0.29, 0.717) is 38.9 Å². The lowest BCUT2D eigenvalue weighted by molar-refractivity contribution is -0.154. The van der Waals surface area contributed by atoms with Gasteiger partial charge in [0.2, 0.25) is 11.8 Å². The normalized spacial score (nSPS) is 23.0. The van der Waals surface area contributed by atoms with Crippen LogP contribution in [0, 0.1) is 11.2 Å². The number of carbonyl (C=O) groups excluding carboxylic acids is 2. The molecule has 1 aromatic rings. The number of likely N-dealkylation sites (N-methyl/N-ethyl adjacent to an activating group) is 1. The lowest BCUT2D eigenvalue weighted by Crippen LogP contribution is -2.56. The molecule has 25 heavy (non-hydrogen) atoms. The number of pyridine rings is 1. The van der Waals surface area contributed by atoms with Gasteiger partial charge in [-0.2, -0.15) is 0 Å². The highest BCUT2D eigenvalue weighted by atomic mass is 19.1. The predicted octanol–water partition coefficient (Wildman–Crippen LogP) is 0.675. The number of aliphatic hydroxyl groups is 1. The van der Waals surface area contributed by atoms with E-state index in [2.05, 4.69) is 4.98 Å². The van der Waals surface area contributed by atoms with E-state index in [9.17, 15) is 19.1 Å². The molecule has 0 aromatic carbocycles. The number of β-amino-alcohol motifs (C(OH)–C–C–N with tert-alkyl or cyclic N) is 1. The minimum Gasteiger partial charge on any atom is -0.479 e. The molecule has 1 atom stereocenters. The molecule has 1 unspecified atom stereocenters. The largest absolute Gasteiger partial charge is 0.479 e. The second-order valence-electron chi connectivity index (χ2n) is 6.83. The lowest BCUT2D eigenvalue weighted by atomic mass is 9.71. The first-order chi connectivity index (χ1) is 11.9. The molecule has 0 saturated carbocycles. The molecule has 0 bridgehead atoms. The van der Waals surface area contributed by atoms with Gasteiger partial charge in [0.15, 0.2) is 5.82 Å². The van der Waals surface area contributed by atoms with Crippen molar-refractivity contribution in [3.05, 3.63) is 23.6 Å². The number of piperidine rings is 2. The monoisotopic (exact) mass is 351 g/mol. The summed E-state index contributed by atoms with van der Waals surface area (Å²) in [7, 11) is 3.00. The van der Waals surface area contributed by atoms with Gasteiger partial charge >= 0.3 is 0 Å². The Morgan fingerprint density at radius 1 is 1.44 bits per heavy atom. The molecule has 7 nitrogen and oxygen atoms in total. The van der Waals surface area contributed by atoms with E-state index in [-0.39, 0.29) is 23.3 Å². The van der Waals surface area contributed by atoms with Crippen LogP contribution in [0.4, 0.5) is 4.39 Å². The summed E-state index contributed by atoms with van der Waals surface area (Å²) in [6, 6.07) is 1.11. The van der Waals surface area contributed by atoms with Crippen LogP contribution in [0.5, 0.6) is 5.88 Å². The number of aliphatic hydroxyl groups excluding tert-OH is 1. The van der Waals surface area contributed by atoms with Gasteiger partial charge in [0.05, 0.1) is 24.2 Å². The highest BCUT2D eigenvalue weighted by Crippen LogP contribution is 2.40. The number of methoxy groups -OCH3 is 1. The summed E-state index contributed by atoms with van der Waals surface area (Å²) in [5.41, 5.74) is -0.451. The maximum absolute atomic E-state index is 13.8. The van der Waals surface area contributed by atoms with Gasteiger partial charge in [0.1, 0.15) is 0 Å². The zero-order valence-electron chi connectivity index (χ0n) is 14.4. The summed E-state index contributed by atoms with van der Waals surface area (Å²) in [6.07, 6.45) is 2.16. The van der Waals surface area contributed by atoms with Gasteiger partial charge in [-0.25, -0.2) is 9.37 Å². The maximum Gasteiger partial charge on any atom is 0.255 e. The number of carbonyl (C=O) groups is 2. The number of hydrogen-bond acceptors (Lipinski definition) is 5. The number of likely N-dealkylation sites (tertiary alicyclic amines) is 2. The van der Waals surface area contributed by atoms with E-state index in [1.807, 2.05) is 0 Å².